The zero-order valence-electron chi connectivity index (χ0n) is 21.4. The third-order valence-corrected chi connectivity index (χ3v) is 6.50. The molecule has 196 valence electrons. The van der Waals surface area contributed by atoms with Crippen molar-refractivity contribution in [2.45, 2.75) is 32.4 Å². The molecular formula is C27H28N6O4S. The summed E-state index contributed by atoms with van der Waals surface area (Å²) in [6, 6.07) is 14.7. The van der Waals surface area contributed by atoms with Crippen LogP contribution in [0.2, 0.25) is 0 Å². The molecule has 1 unspecified atom stereocenters. The van der Waals surface area contributed by atoms with Crippen LogP contribution in [0.4, 0.5) is 11.4 Å². The van der Waals surface area contributed by atoms with Crippen molar-refractivity contribution >= 4 is 51.5 Å². The molecule has 5 N–H and O–H groups in total. The average molecular weight is 533 g/mol. The average Bonchev–Trinajstić information content (AvgIpc) is 3.27. The van der Waals surface area contributed by atoms with Crippen LogP contribution >= 0.6 is 11.5 Å². The summed E-state index contributed by atoms with van der Waals surface area (Å²) in [5.74, 6) is -1.42. The van der Waals surface area contributed by atoms with E-state index < -0.39 is 29.3 Å². The lowest BCUT2D eigenvalue weighted by atomic mass is 9.98. The zero-order valence-corrected chi connectivity index (χ0v) is 22.2. The van der Waals surface area contributed by atoms with E-state index in [4.69, 9.17) is 16.2 Å². The van der Waals surface area contributed by atoms with Gasteiger partial charge in [0.25, 0.3) is 11.8 Å². The Labute approximate surface area is 223 Å². The number of fused-ring (bicyclic) bond motifs is 1. The summed E-state index contributed by atoms with van der Waals surface area (Å²) in [4.78, 5) is 45.6. The van der Waals surface area contributed by atoms with Crippen molar-refractivity contribution in [1.82, 2.24) is 14.7 Å². The second-order valence-electron chi connectivity index (χ2n) is 9.61. The van der Waals surface area contributed by atoms with Gasteiger partial charge in [-0.05, 0) is 68.2 Å². The van der Waals surface area contributed by atoms with E-state index in [1.165, 1.54) is 12.0 Å². The molecule has 0 saturated heterocycles. The zero-order chi connectivity index (χ0) is 27.6. The number of primary amides is 1. The van der Waals surface area contributed by atoms with Gasteiger partial charge >= 0.3 is 0 Å². The summed E-state index contributed by atoms with van der Waals surface area (Å²) in [6.07, 6.45) is 1.68. The van der Waals surface area contributed by atoms with Crippen LogP contribution in [0.25, 0.3) is 10.9 Å². The number of rotatable bonds is 7. The van der Waals surface area contributed by atoms with Crippen molar-refractivity contribution < 1.29 is 19.1 Å². The summed E-state index contributed by atoms with van der Waals surface area (Å²) in [7, 11) is 1.51. The van der Waals surface area contributed by atoms with Gasteiger partial charge in [0.15, 0.2) is 5.69 Å². The maximum Gasteiger partial charge on any atom is 0.273 e. The van der Waals surface area contributed by atoms with E-state index in [1.807, 2.05) is 32.9 Å². The van der Waals surface area contributed by atoms with Gasteiger partial charge in [-0.25, -0.2) is 0 Å². The summed E-state index contributed by atoms with van der Waals surface area (Å²) in [6.45, 7) is 5.55. The highest BCUT2D eigenvalue weighted by molar-refractivity contribution is 7.09. The van der Waals surface area contributed by atoms with Gasteiger partial charge in [-0.3, -0.25) is 24.3 Å². The van der Waals surface area contributed by atoms with Crippen molar-refractivity contribution in [3.05, 3.63) is 76.9 Å². The predicted octanol–water partition coefficient (Wildman–Crippen LogP) is 3.68. The minimum absolute atomic E-state index is 0.0161. The molecule has 0 bridgehead atoms. The minimum atomic E-state index is -1.13. The number of aromatic nitrogens is 2. The second kappa shape index (κ2) is 10.5. The number of hydrogen-bond donors (Lipinski definition) is 3. The van der Waals surface area contributed by atoms with E-state index in [-0.39, 0.29) is 16.3 Å². The van der Waals surface area contributed by atoms with E-state index in [1.54, 1.807) is 48.7 Å². The molecule has 11 heteroatoms. The van der Waals surface area contributed by atoms with E-state index >= 15 is 0 Å². The van der Waals surface area contributed by atoms with Crippen molar-refractivity contribution in [3.63, 3.8) is 0 Å². The smallest absolute Gasteiger partial charge is 0.273 e. The summed E-state index contributed by atoms with van der Waals surface area (Å²) >= 11 is 0.746. The predicted molar refractivity (Wildman–Crippen MR) is 147 cm³/mol. The minimum Gasteiger partial charge on any atom is -0.497 e. The third-order valence-electron chi connectivity index (χ3n) is 5.65. The SMILES string of the molecule is COc1cccc(N(C(=O)c2snc(C(N)=O)c2N)C(C(=O)NC(C)(C)C)c2ccc3ncccc3c2)c1. The van der Waals surface area contributed by atoms with Crippen molar-refractivity contribution in [2.75, 3.05) is 17.7 Å². The Bertz CT molecular complexity index is 1530. The highest BCUT2D eigenvalue weighted by Gasteiger charge is 2.37. The Morgan fingerprint density at radius 3 is 2.50 bits per heavy atom. The first kappa shape index (κ1) is 26.6. The molecule has 2 heterocycles. The molecule has 0 fully saturated rings. The number of nitrogens with two attached hydrogens (primary N) is 2. The van der Waals surface area contributed by atoms with Gasteiger partial charge in [-0.15, -0.1) is 0 Å². The highest BCUT2D eigenvalue weighted by atomic mass is 32.1. The fourth-order valence-electron chi connectivity index (χ4n) is 4.00. The van der Waals surface area contributed by atoms with Gasteiger partial charge in [0.2, 0.25) is 5.91 Å². The van der Waals surface area contributed by atoms with Crippen LogP contribution in [-0.2, 0) is 4.79 Å². The topological polar surface area (TPSA) is 154 Å². The number of ether oxygens (including phenoxy) is 1. The van der Waals surface area contributed by atoms with Crippen molar-refractivity contribution in [2.24, 2.45) is 5.73 Å². The first-order chi connectivity index (χ1) is 18.0. The fourth-order valence-corrected chi connectivity index (χ4v) is 4.74. The highest BCUT2D eigenvalue weighted by Crippen LogP contribution is 2.35. The number of nitrogen functional groups attached to an aromatic ring is 1. The largest absolute Gasteiger partial charge is 0.497 e. The van der Waals surface area contributed by atoms with E-state index in [2.05, 4.69) is 14.7 Å². The molecule has 2 aromatic heterocycles. The lowest BCUT2D eigenvalue weighted by Crippen LogP contribution is -2.49. The molecular weight excluding hydrogens is 504 g/mol. The van der Waals surface area contributed by atoms with Crippen LogP contribution in [0.1, 0.15) is 52.5 Å². The molecule has 10 nitrogen and oxygen atoms in total. The van der Waals surface area contributed by atoms with Crippen LogP contribution in [-0.4, -0.2) is 39.7 Å². The molecule has 4 aromatic rings. The lowest BCUT2D eigenvalue weighted by Gasteiger charge is -2.33. The van der Waals surface area contributed by atoms with Crippen LogP contribution in [0.5, 0.6) is 5.75 Å². The van der Waals surface area contributed by atoms with Gasteiger partial charge in [-0.2, -0.15) is 4.37 Å². The molecule has 0 aliphatic rings. The van der Waals surface area contributed by atoms with Gasteiger partial charge in [0, 0.05) is 28.9 Å². The Balaban J connectivity index is 1.96. The number of hydrogen-bond acceptors (Lipinski definition) is 8. The number of amides is 3. The number of benzene rings is 2. The first-order valence-corrected chi connectivity index (χ1v) is 12.5. The number of carbonyl (C=O) groups excluding carboxylic acids is 3. The molecule has 3 amide bonds. The molecule has 0 saturated carbocycles. The van der Waals surface area contributed by atoms with E-state index in [9.17, 15) is 14.4 Å². The van der Waals surface area contributed by atoms with Crippen LogP contribution in [0.15, 0.2) is 60.8 Å². The summed E-state index contributed by atoms with van der Waals surface area (Å²) in [5, 5.41) is 3.79. The van der Waals surface area contributed by atoms with Gasteiger partial charge in [0.05, 0.1) is 18.3 Å². The van der Waals surface area contributed by atoms with Gasteiger partial charge in [0.1, 0.15) is 16.7 Å². The van der Waals surface area contributed by atoms with E-state index in [0.29, 0.717) is 17.0 Å². The van der Waals surface area contributed by atoms with Crippen LogP contribution < -0.4 is 26.4 Å². The number of nitrogens with one attached hydrogen (secondary N) is 1. The number of nitrogens with zero attached hydrogens (tertiary/aromatic N) is 3. The normalized spacial score (nSPS) is 12.1. The molecule has 2 aromatic carbocycles. The standard InChI is InChI=1S/C27H28N6O4S/c1-27(2,3)31-25(35)22(16-10-11-19-15(13-16)7-6-12-30-19)33(17-8-5-9-18(14-17)37-4)26(36)23-20(28)21(24(29)34)32-38-23/h5-14,22H,28H2,1-4H3,(H2,29,34)(H,31,35). The lowest BCUT2D eigenvalue weighted by molar-refractivity contribution is -0.123. The van der Waals surface area contributed by atoms with Crippen molar-refractivity contribution in [1.29, 1.82) is 0 Å². The van der Waals surface area contributed by atoms with Crippen LogP contribution in [0, 0.1) is 0 Å². The third kappa shape index (κ3) is 5.42. The van der Waals surface area contributed by atoms with Crippen LogP contribution in [0.3, 0.4) is 0 Å². The molecule has 0 radical (unpaired) electrons. The molecule has 1 atom stereocenters. The summed E-state index contributed by atoms with van der Waals surface area (Å²) in [5.41, 5.74) is 12.2. The number of pyridine rings is 1. The number of methoxy groups -OCH3 is 1. The van der Waals surface area contributed by atoms with Crippen molar-refractivity contribution in [3.8, 4) is 5.75 Å². The van der Waals surface area contributed by atoms with Gasteiger partial charge in [-0.1, -0.05) is 18.2 Å². The first-order valence-electron chi connectivity index (χ1n) is 11.7. The molecule has 4 rings (SSSR count). The maximum absolute atomic E-state index is 14.2. The Hall–Kier alpha value is -4.51. The number of carbonyl (C=O) groups is 3. The Morgan fingerprint density at radius 1 is 1.08 bits per heavy atom. The van der Waals surface area contributed by atoms with E-state index in [0.717, 1.165) is 22.4 Å². The quantitative estimate of drug-likeness (QED) is 0.328. The monoisotopic (exact) mass is 532 g/mol. The van der Waals surface area contributed by atoms with Gasteiger partial charge < -0.3 is 21.5 Å². The Kier molecular flexibility index (Phi) is 7.31. The second-order valence-corrected chi connectivity index (χ2v) is 10.4. The summed E-state index contributed by atoms with van der Waals surface area (Å²) < 4.78 is 9.38. The molecule has 38 heavy (non-hydrogen) atoms. The fraction of sp³-hybridized carbons (Fsp3) is 0.222. The number of anilines is 2. The molecule has 0 aliphatic heterocycles. The molecule has 0 spiro atoms. The molecule has 0 aliphatic carbocycles. The Morgan fingerprint density at radius 2 is 1.84 bits per heavy atom. The maximum atomic E-state index is 14.2.